The summed E-state index contributed by atoms with van der Waals surface area (Å²) in [6.45, 7) is 4.09. The highest BCUT2D eigenvalue weighted by Gasteiger charge is 2.06. The van der Waals surface area contributed by atoms with Crippen LogP contribution in [0.2, 0.25) is 0 Å². The fraction of sp³-hybridized carbons (Fsp3) is 0.625. The average Bonchev–Trinajstić information content (AvgIpc) is 2.40. The largest absolute Gasteiger partial charge is 0.377 e. The summed E-state index contributed by atoms with van der Waals surface area (Å²) < 4.78 is 0. The van der Waals surface area contributed by atoms with Crippen LogP contribution < -0.4 is 0 Å². The van der Waals surface area contributed by atoms with E-state index in [1.54, 1.807) is 0 Å². The van der Waals surface area contributed by atoms with Gasteiger partial charge in [0, 0.05) is 24.9 Å². The lowest BCUT2D eigenvalue weighted by molar-refractivity contribution is 0.465. The fourth-order valence-corrected chi connectivity index (χ4v) is 1.17. The number of hydrogen-bond acceptors (Lipinski definition) is 2. The SMILES string of the molecule is C/C(C#N)=C\N1CCCC1. The Kier molecular flexibility index (Phi) is 2.33. The Hall–Kier alpha value is -0.970. The van der Waals surface area contributed by atoms with Gasteiger partial charge in [-0.05, 0) is 19.8 Å². The lowest BCUT2D eigenvalue weighted by Crippen LogP contribution is -2.10. The van der Waals surface area contributed by atoms with Gasteiger partial charge in [0.05, 0.1) is 6.07 Å². The highest BCUT2D eigenvalue weighted by molar-refractivity contribution is 5.16. The lowest BCUT2D eigenvalue weighted by atomic mass is 10.4. The van der Waals surface area contributed by atoms with Gasteiger partial charge < -0.3 is 4.90 Å². The zero-order valence-corrected chi connectivity index (χ0v) is 6.30. The third-order valence-electron chi connectivity index (χ3n) is 1.69. The Morgan fingerprint density at radius 1 is 1.50 bits per heavy atom. The van der Waals surface area contributed by atoms with E-state index in [0.717, 1.165) is 18.7 Å². The minimum absolute atomic E-state index is 0.807. The molecule has 0 bridgehead atoms. The Balaban J connectivity index is 2.44. The second-order valence-electron chi connectivity index (χ2n) is 2.67. The first-order valence-corrected chi connectivity index (χ1v) is 3.65. The predicted molar refractivity (Wildman–Crippen MR) is 40.2 cm³/mol. The fourth-order valence-electron chi connectivity index (χ4n) is 1.17. The molecule has 0 saturated carbocycles. The molecule has 1 rings (SSSR count). The van der Waals surface area contributed by atoms with Gasteiger partial charge in [0.15, 0.2) is 0 Å². The van der Waals surface area contributed by atoms with Crippen LogP contribution in [0.5, 0.6) is 0 Å². The third kappa shape index (κ3) is 1.77. The molecule has 1 fully saturated rings. The van der Waals surface area contributed by atoms with E-state index in [0.29, 0.717) is 0 Å². The van der Waals surface area contributed by atoms with Gasteiger partial charge in [0.2, 0.25) is 0 Å². The van der Waals surface area contributed by atoms with Crippen molar-refractivity contribution in [2.45, 2.75) is 19.8 Å². The van der Waals surface area contributed by atoms with Crippen molar-refractivity contribution in [3.63, 3.8) is 0 Å². The summed E-state index contributed by atoms with van der Waals surface area (Å²) in [5.74, 6) is 0. The second-order valence-corrected chi connectivity index (χ2v) is 2.67. The van der Waals surface area contributed by atoms with E-state index in [1.165, 1.54) is 12.8 Å². The molecule has 0 aromatic heterocycles. The van der Waals surface area contributed by atoms with Gasteiger partial charge >= 0.3 is 0 Å². The van der Waals surface area contributed by atoms with E-state index in [9.17, 15) is 0 Å². The highest BCUT2D eigenvalue weighted by Crippen LogP contribution is 2.08. The summed E-state index contributed by atoms with van der Waals surface area (Å²) in [6, 6.07) is 2.11. The second kappa shape index (κ2) is 3.26. The predicted octanol–water partition coefficient (Wildman–Crippen LogP) is 1.51. The van der Waals surface area contributed by atoms with Crippen LogP contribution in [0.4, 0.5) is 0 Å². The molecule has 1 saturated heterocycles. The summed E-state index contributed by atoms with van der Waals surface area (Å²) in [5, 5.41) is 8.45. The van der Waals surface area contributed by atoms with Crippen LogP contribution in [0.3, 0.4) is 0 Å². The third-order valence-corrected chi connectivity index (χ3v) is 1.69. The molecule has 0 aromatic rings. The van der Waals surface area contributed by atoms with Crippen LogP contribution in [-0.4, -0.2) is 18.0 Å². The van der Waals surface area contributed by atoms with Crippen molar-refractivity contribution in [1.29, 1.82) is 5.26 Å². The molecular formula is C8H12N2. The van der Waals surface area contributed by atoms with Crippen molar-refractivity contribution in [3.05, 3.63) is 11.8 Å². The summed E-state index contributed by atoms with van der Waals surface area (Å²) in [6.07, 6.45) is 4.50. The lowest BCUT2D eigenvalue weighted by Gasteiger charge is -2.09. The summed E-state index contributed by atoms with van der Waals surface area (Å²) in [7, 11) is 0. The monoisotopic (exact) mass is 136 g/mol. The van der Waals surface area contributed by atoms with E-state index >= 15 is 0 Å². The Morgan fingerprint density at radius 2 is 2.10 bits per heavy atom. The van der Waals surface area contributed by atoms with Crippen molar-refractivity contribution in [2.24, 2.45) is 0 Å². The molecule has 0 radical (unpaired) electrons. The quantitative estimate of drug-likeness (QED) is 0.511. The molecule has 0 N–H and O–H groups in total. The van der Waals surface area contributed by atoms with Gasteiger partial charge in [-0.2, -0.15) is 5.26 Å². The number of nitrogens with zero attached hydrogens (tertiary/aromatic N) is 2. The number of likely N-dealkylation sites (tertiary alicyclic amines) is 1. The van der Waals surface area contributed by atoms with Crippen LogP contribution in [-0.2, 0) is 0 Å². The van der Waals surface area contributed by atoms with Crippen molar-refractivity contribution in [3.8, 4) is 6.07 Å². The maximum absolute atomic E-state index is 8.45. The molecule has 1 aliphatic rings. The molecule has 0 atom stereocenters. The molecule has 0 spiro atoms. The number of rotatable bonds is 1. The minimum Gasteiger partial charge on any atom is -0.377 e. The first-order chi connectivity index (χ1) is 4.83. The van der Waals surface area contributed by atoms with Crippen LogP contribution in [0.1, 0.15) is 19.8 Å². The molecule has 2 heteroatoms. The Bertz CT molecular complexity index is 170. The van der Waals surface area contributed by atoms with Crippen LogP contribution in [0.25, 0.3) is 0 Å². The first kappa shape index (κ1) is 7.14. The topological polar surface area (TPSA) is 27.0 Å². The molecular weight excluding hydrogens is 124 g/mol. The highest BCUT2D eigenvalue weighted by atomic mass is 15.1. The van der Waals surface area contributed by atoms with Crippen LogP contribution in [0.15, 0.2) is 11.8 Å². The molecule has 10 heavy (non-hydrogen) atoms. The molecule has 0 amide bonds. The maximum atomic E-state index is 8.45. The molecule has 1 aliphatic heterocycles. The summed E-state index contributed by atoms with van der Waals surface area (Å²) in [5.41, 5.74) is 0.807. The number of allylic oxidation sites excluding steroid dienone is 1. The zero-order valence-electron chi connectivity index (χ0n) is 6.30. The number of nitriles is 1. The Labute approximate surface area is 61.8 Å². The standard InChI is InChI=1S/C8H12N2/c1-8(6-9)7-10-4-2-3-5-10/h7H,2-5H2,1H3/b8-7+. The minimum atomic E-state index is 0.807. The van der Waals surface area contributed by atoms with E-state index in [4.69, 9.17) is 5.26 Å². The van der Waals surface area contributed by atoms with Gasteiger partial charge in [-0.15, -0.1) is 0 Å². The van der Waals surface area contributed by atoms with Crippen LogP contribution >= 0.6 is 0 Å². The molecule has 2 nitrogen and oxygen atoms in total. The summed E-state index contributed by atoms with van der Waals surface area (Å²) in [4.78, 5) is 2.21. The molecule has 1 heterocycles. The molecule has 54 valence electrons. The van der Waals surface area contributed by atoms with Gasteiger partial charge in [0.25, 0.3) is 0 Å². The Morgan fingerprint density at radius 3 is 2.60 bits per heavy atom. The van der Waals surface area contributed by atoms with Gasteiger partial charge in [-0.3, -0.25) is 0 Å². The zero-order chi connectivity index (χ0) is 7.40. The first-order valence-electron chi connectivity index (χ1n) is 3.65. The van der Waals surface area contributed by atoms with Crippen molar-refractivity contribution in [2.75, 3.05) is 13.1 Å². The van der Waals surface area contributed by atoms with Gasteiger partial charge in [0.1, 0.15) is 0 Å². The number of hydrogen-bond donors (Lipinski definition) is 0. The molecule has 0 unspecified atom stereocenters. The van der Waals surface area contributed by atoms with E-state index in [-0.39, 0.29) is 0 Å². The molecule has 0 aromatic carbocycles. The van der Waals surface area contributed by atoms with Gasteiger partial charge in [-0.25, -0.2) is 0 Å². The average molecular weight is 136 g/mol. The summed E-state index contributed by atoms with van der Waals surface area (Å²) >= 11 is 0. The van der Waals surface area contributed by atoms with Crippen molar-refractivity contribution in [1.82, 2.24) is 4.90 Å². The maximum Gasteiger partial charge on any atom is 0.0959 e. The molecule has 0 aliphatic carbocycles. The van der Waals surface area contributed by atoms with E-state index < -0.39 is 0 Å². The smallest absolute Gasteiger partial charge is 0.0959 e. The van der Waals surface area contributed by atoms with E-state index in [2.05, 4.69) is 11.0 Å². The van der Waals surface area contributed by atoms with Crippen molar-refractivity contribution >= 4 is 0 Å². The normalized spacial score (nSPS) is 19.2. The van der Waals surface area contributed by atoms with E-state index in [1.807, 2.05) is 13.1 Å². The van der Waals surface area contributed by atoms with Crippen molar-refractivity contribution < 1.29 is 0 Å². The van der Waals surface area contributed by atoms with Gasteiger partial charge in [-0.1, -0.05) is 0 Å². The van der Waals surface area contributed by atoms with Crippen LogP contribution in [0, 0.1) is 11.3 Å².